The molecule has 3 nitrogen and oxygen atoms in total. The van der Waals surface area contributed by atoms with Gasteiger partial charge < -0.3 is 0 Å². The average Bonchev–Trinajstić information content (AvgIpc) is 2.80. The Morgan fingerprint density at radius 1 is 1.53 bits per heavy atom. The molecule has 0 aromatic carbocycles. The van der Waals surface area contributed by atoms with Crippen molar-refractivity contribution in [3.63, 3.8) is 0 Å². The molecule has 0 radical (unpaired) electrons. The summed E-state index contributed by atoms with van der Waals surface area (Å²) in [5.74, 6) is 1.01. The van der Waals surface area contributed by atoms with Crippen LogP contribution in [0.25, 0.3) is 0 Å². The third kappa shape index (κ3) is 3.02. The molecule has 0 N–H and O–H groups in total. The minimum atomic E-state index is 0.130. The van der Waals surface area contributed by atoms with Gasteiger partial charge in [-0.1, -0.05) is 37.8 Å². The highest BCUT2D eigenvalue weighted by molar-refractivity contribution is 6.33. The molecule has 106 valence electrons. The molecule has 4 heteroatoms. The Morgan fingerprint density at radius 2 is 2.26 bits per heavy atom. The van der Waals surface area contributed by atoms with Gasteiger partial charge >= 0.3 is 0 Å². The largest absolute Gasteiger partial charge is 0.292 e. The lowest BCUT2D eigenvalue weighted by Gasteiger charge is -2.27. The van der Waals surface area contributed by atoms with Crippen molar-refractivity contribution in [2.24, 2.45) is 11.8 Å². The zero-order valence-corrected chi connectivity index (χ0v) is 12.8. The van der Waals surface area contributed by atoms with Gasteiger partial charge in [0.2, 0.25) is 0 Å². The second kappa shape index (κ2) is 6.08. The third-order valence-electron chi connectivity index (χ3n) is 4.20. The van der Waals surface area contributed by atoms with Gasteiger partial charge in [0, 0.05) is 12.0 Å². The van der Waals surface area contributed by atoms with Gasteiger partial charge in [-0.2, -0.15) is 5.10 Å². The Labute approximate surface area is 120 Å². The van der Waals surface area contributed by atoms with E-state index in [2.05, 4.69) is 12.0 Å². The van der Waals surface area contributed by atoms with Crippen molar-refractivity contribution in [1.82, 2.24) is 9.78 Å². The molecule has 19 heavy (non-hydrogen) atoms. The predicted molar refractivity (Wildman–Crippen MR) is 77.7 cm³/mol. The highest BCUT2D eigenvalue weighted by Gasteiger charge is 2.30. The van der Waals surface area contributed by atoms with Crippen LogP contribution in [0.15, 0.2) is 6.20 Å². The van der Waals surface area contributed by atoms with E-state index in [1.54, 1.807) is 10.9 Å². The molecule has 1 saturated carbocycles. The van der Waals surface area contributed by atoms with Crippen LogP contribution in [0.4, 0.5) is 0 Å². The molecule has 0 spiro atoms. The van der Waals surface area contributed by atoms with Gasteiger partial charge in [-0.25, -0.2) is 0 Å². The first kappa shape index (κ1) is 14.6. The molecule has 1 fully saturated rings. The molecule has 2 unspecified atom stereocenters. The fraction of sp³-hybridized carbons (Fsp3) is 0.733. The van der Waals surface area contributed by atoms with Crippen molar-refractivity contribution in [2.75, 3.05) is 0 Å². The van der Waals surface area contributed by atoms with Crippen LogP contribution in [0, 0.1) is 11.8 Å². The number of Topliss-reactive ketones (excluding diaryl/α,β-unsaturated/α-hetero) is 1. The molecule has 0 saturated heterocycles. The Balaban J connectivity index is 2.21. The van der Waals surface area contributed by atoms with E-state index in [4.69, 9.17) is 11.6 Å². The maximum Gasteiger partial charge on any atom is 0.185 e. The van der Waals surface area contributed by atoms with Crippen LogP contribution in [0.3, 0.4) is 0 Å². The lowest BCUT2D eigenvalue weighted by atomic mass is 9.77. The van der Waals surface area contributed by atoms with Crippen LogP contribution in [0.2, 0.25) is 5.02 Å². The highest BCUT2D eigenvalue weighted by atomic mass is 35.5. The summed E-state index contributed by atoms with van der Waals surface area (Å²) in [6.45, 7) is 6.26. The van der Waals surface area contributed by atoms with Gasteiger partial charge in [-0.05, 0) is 32.6 Å². The molecule has 2 atom stereocenters. The van der Waals surface area contributed by atoms with Crippen molar-refractivity contribution >= 4 is 17.4 Å². The van der Waals surface area contributed by atoms with Gasteiger partial charge in [0.1, 0.15) is 5.69 Å². The van der Waals surface area contributed by atoms with E-state index in [0.29, 0.717) is 16.6 Å². The van der Waals surface area contributed by atoms with Crippen molar-refractivity contribution < 1.29 is 4.79 Å². The lowest BCUT2D eigenvalue weighted by molar-refractivity contribution is 0.0849. The van der Waals surface area contributed by atoms with Crippen LogP contribution in [0.1, 0.15) is 69.4 Å². The molecule has 1 heterocycles. The van der Waals surface area contributed by atoms with E-state index in [-0.39, 0.29) is 17.7 Å². The van der Waals surface area contributed by atoms with E-state index in [1.807, 2.05) is 13.8 Å². The quantitative estimate of drug-likeness (QED) is 0.761. The van der Waals surface area contributed by atoms with E-state index >= 15 is 0 Å². The molecule has 0 amide bonds. The first-order valence-corrected chi connectivity index (χ1v) is 7.69. The maximum absolute atomic E-state index is 12.7. The van der Waals surface area contributed by atoms with Gasteiger partial charge in [0.15, 0.2) is 5.78 Å². The number of rotatable bonds is 4. The van der Waals surface area contributed by atoms with Crippen molar-refractivity contribution in [3.8, 4) is 0 Å². The number of hydrogen-bond donors (Lipinski definition) is 0. The predicted octanol–water partition coefficient (Wildman–Crippen LogP) is 4.52. The molecular formula is C15H23ClN2O. The number of carbonyl (C=O) groups excluding carboxylic acids is 1. The zero-order chi connectivity index (χ0) is 14.0. The smallest absolute Gasteiger partial charge is 0.185 e. The SMILES string of the molecule is CCC1CCCC(C(=O)c2c(Cl)cnn2C(C)C)C1. The van der Waals surface area contributed by atoms with Gasteiger partial charge in [0.05, 0.1) is 11.2 Å². The van der Waals surface area contributed by atoms with E-state index in [9.17, 15) is 4.79 Å². The fourth-order valence-corrected chi connectivity index (χ4v) is 3.28. The molecule has 1 aromatic heterocycles. The van der Waals surface area contributed by atoms with Crippen molar-refractivity contribution in [3.05, 3.63) is 16.9 Å². The minimum absolute atomic E-state index is 0.130. The van der Waals surface area contributed by atoms with Crippen LogP contribution in [-0.4, -0.2) is 15.6 Å². The lowest BCUT2D eigenvalue weighted by Crippen LogP contribution is -2.25. The first-order valence-electron chi connectivity index (χ1n) is 7.31. The second-order valence-electron chi connectivity index (χ2n) is 5.88. The third-order valence-corrected chi connectivity index (χ3v) is 4.48. The Bertz CT molecular complexity index is 453. The Kier molecular flexibility index (Phi) is 4.67. The zero-order valence-electron chi connectivity index (χ0n) is 12.0. The van der Waals surface area contributed by atoms with Crippen LogP contribution in [0.5, 0.6) is 0 Å². The summed E-state index contributed by atoms with van der Waals surface area (Å²) in [5.41, 5.74) is 0.610. The second-order valence-corrected chi connectivity index (χ2v) is 6.29. The number of carbonyl (C=O) groups is 1. The van der Waals surface area contributed by atoms with Crippen molar-refractivity contribution in [1.29, 1.82) is 0 Å². The topological polar surface area (TPSA) is 34.9 Å². The number of ketones is 1. The van der Waals surface area contributed by atoms with Crippen LogP contribution >= 0.6 is 11.6 Å². The molecule has 1 aromatic rings. The minimum Gasteiger partial charge on any atom is -0.292 e. The summed E-state index contributed by atoms with van der Waals surface area (Å²) in [6, 6.07) is 0.164. The first-order chi connectivity index (χ1) is 9.04. The Morgan fingerprint density at radius 3 is 2.89 bits per heavy atom. The average molecular weight is 283 g/mol. The molecule has 0 aliphatic heterocycles. The number of nitrogens with zero attached hydrogens (tertiary/aromatic N) is 2. The summed E-state index contributed by atoms with van der Waals surface area (Å²) >= 11 is 6.17. The maximum atomic E-state index is 12.7. The summed E-state index contributed by atoms with van der Waals surface area (Å²) in [7, 11) is 0. The monoisotopic (exact) mass is 282 g/mol. The van der Waals surface area contributed by atoms with E-state index in [1.165, 1.54) is 12.8 Å². The van der Waals surface area contributed by atoms with Crippen molar-refractivity contribution in [2.45, 2.75) is 58.9 Å². The molecule has 2 rings (SSSR count). The number of aromatic nitrogens is 2. The van der Waals surface area contributed by atoms with E-state index < -0.39 is 0 Å². The van der Waals surface area contributed by atoms with Gasteiger partial charge in [0.25, 0.3) is 0 Å². The van der Waals surface area contributed by atoms with Crippen LogP contribution < -0.4 is 0 Å². The van der Waals surface area contributed by atoms with Gasteiger partial charge in [-0.15, -0.1) is 0 Å². The molecule has 1 aliphatic rings. The highest BCUT2D eigenvalue weighted by Crippen LogP contribution is 2.34. The normalized spacial score (nSPS) is 23.8. The summed E-state index contributed by atoms with van der Waals surface area (Å²) in [4.78, 5) is 12.7. The molecular weight excluding hydrogens is 260 g/mol. The number of hydrogen-bond acceptors (Lipinski definition) is 2. The number of halogens is 1. The van der Waals surface area contributed by atoms with Crippen LogP contribution in [-0.2, 0) is 0 Å². The molecule has 1 aliphatic carbocycles. The fourth-order valence-electron chi connectivity index (χ4n) is 3.06. The summed E-state index contributed by atoms with van der Waals surface area (Å²) in [5, 5.41) is 4.73. The standard InChI is InChI=1S/C15H23ClN2O/c1-4-11-6-5-7-12(8-11)15(19)14-13(16)9-17-18(14)10(2)3/h9-12H,4-8H2,1-3H3. The summed E-state index contributed by atoms with van der Waals surface area (Å²) in [6.07, 6.45) is 7.18. The summed E-state index contributed by atoms with van der Waals surface area (Å²) < 4.78 is 1.76. The Hall–Kier alpha value is -0.830. The van der Waals surface area contributed by atoms with E-state index in [0.717, 1.165) is 19.3 Å². The molecule has 0 bridgehead atoms. The van der Waals surface area contributed by atoms with Gasteiger partial charge in [-0.3, -0.25) is 9.48 Å².